The van der Waals surface area contributed by atoms with Crippen molar-refractivity contribution in [3.63, 3.8) is 0 Å². The molecule has 3 atom stereocenters. The number of likely N-dealkylation sites (tertiary alicyclic amines) is 1. The number of carboxylic acid groups (broad SMARTS) is 3. The zero-order chi connectivity index (χ0) is 18.4. The Morgan fingerprint density at radius 2 is 1.67 bits per heavy atom. The summed E-state index contributed by atoms with van der Waals surface area (Å²) in [5.41, 5.74) is 5.37. The largest absolute Gasteiger partial charge is 0.481 e. The van der Waals surface area contributed by atoms with Gasteiger partial charge in [-0.1, -0.05) is 0 Å². The summed E-state index contributed by atoms with van der Waals surface area (Å²) in [5, 5.41) is 28.7. The van der Waals surface area contributed by atoms with Crippen molar-refractivity contribution in [1.29, 1.82) is 0 Å². The molecule has 134 valence electrons. The molecule has 11 heteroatoms. The summed E-state index contributed by atoms with van der Waals surface area (Å²) in [6.07, 6.45) is -0.795. The molecule has 0 radical (unpaired) electrons. The van der Waals surface area contributed by atoms with Crippen molar-refractivity contribution in [3.8, 4) is 0 Å². The number of nitrogens with zero attached hydrogens (tertiary/aromatic N) is 1. The summed E-state index contributed by atoms with van der Waals surface area (Å²) in [6.45, 7) is 0.128. The van der Waals surface area contributed by atoms with E-state index in [4.69, 9.17) is 21.1 Å². The van der Waals surface area contributed by atoms with Crippen LogP contribution in [0.4, 0.5) is 0 Å². The fourth-order valence-corrected chi connectivity index (χ4v) is 2.42. The minimum Gasteiger partial charge on any atom is -0.481 e. The van der Waals surface area contributed by atoms with E-state index in [9.17, 15) is 24.0 Å². The van der Waals surface area contributed by atoms with Gasteiger partial charge in [0, 0.05) is 6.54 Å². The third-order valence-corrected chi connectivity index (χ3v) is 3.55. The number of aliphatic carboxylic acids is 3. The highest BCUT2D eigenvalue weighted by atomic mass is 16.4. The van der Waals surface area contributed by atoms with Crippen LogP contribution >= 0.6 is 0 Å². The Labute approximate surface area is 136 Å². The van der Waals surface area contributed by atoms with Gasteiger partial charge in [0.15, 0.2) is 0 Å². The standard InChI is InChI=1S/C13H19N3O8/c14-6(4-9(17)18)11(21)15-7(5-10(19)20)12(22)16-3-1-2-8(16)13(23)24/h6-8H,1-5,14H2,(H,15,21)(H,17,18)(H,19,20)(H,23,24)/t6-,7-,8-/m0/s1. The molecule has 24 heavy (non-hydrogen) atoms. The molecule has 0 aromatic heterocycles. The maximum absolute atomic E-state index is 12.4. The number of carboxylic acids is 3. The minimum atomic E-state index is -1.52. The van der Waals surface area contributed by atoms with Crippen LogP contribution in [0.2, 0.25) is 0 Å². The molecule has 0 aliphatic carbocycles. The van der Waals surface area contributed by atoms with Crippen molar-refractivity contribution in [2.45, 2.75) is 43.8 Å². The first-order valence-corrected chi connectivity index (χ1v) is 7.16. The number of carbonyl (C=O) groups excluding carboxylic acids is 2. The van der Waals surface area contributed by atoms with Crippen molar-refractivity contribution in [3.05, 3.63) is 0 Å². The van der Waals surface area contributed by atoms with E-state index in [0.717, 1.165) is 4.90 Å². The van der Waals surface area contributed by atoms with Crippen LogP contribution in [-0.2, 0) is 24.0 Å². The Morgan fingerprint density at radius 3 is 2.17 bits per heavy atom. The van der Waals surface area contributed by atoms with E-state index >= 15 is 0 Å². The molecule has 0 bridgehead atoms. The van der Waals surface area contributed by atoms with E-state index in [1.807, 2.05) is 0 Å². The van der Waals surface area contributed by atoms with Crippen LogP contribution in [-0.4, -0.2) is 74.6 Å². The second kappa shape index (κ2) is 8.24. The lowest BCUT2D eigenvalue weighted by atomic mass is 10.1. The lowest BCUT2D eigenvalue weighted by Gasteiger charge is -2.27. The van der Waals surface area contributed by atoms with Gasteiger partial charge in [-0.15, -0.1) is 0 Å². The molecule has 0 unspecified atom stereocenters. The second-order valence-electron chi connectivity index (χ2n) is 5.39. The molecule has 0 spiro atoms. The number of rotatable bonds is 8. The van der Waals surface area contributed by atoms with Gasteiger partial charge in [-0.05, 0) is 12.8 Å². The Balaban J connectivity index is 2.86. The monoisotopic (exact) mass is 345 g/mol. The number of hydrogen-bond donors (Lipinski definition) is 5. The molecule has 2 amide bonds. The summed E-state index contributed by atoms with van der Waals surface area (Å²) in [5.74, 6) is -5.78. The first-order valence-electron chi connectivity index (χ1n) is 7.16. The first kappa shape index (κ1) is 19.4. The molecule has 1 rings (SSSR count). The van der Waals surface area contributed by atoms with Gasteiger partial charge in [0.2, 0.25) is 11.8 Å². The SMILES string of the molecule is N[C@@H](CC(=O)O)C(=O)N[C@@H](CC(=O)O)C(=O)N1CCC[C@H]1C(=O)O. The molecule has 6 N–H and O–H groups in total. The molecule has 1 saturated heterocycles. The van der Waals surface area contributed by atoms with Gasteiger partial charge in [0.25, 0.3) is 0 Å². The van der Waals surface area contributed by atoms with Gasteiger partial charge in [0.05, 0.1) is 18.9 Å². The quantitative estimate of drug-likeness (QED) is 0.326. The molecular formula is C13H19N3O8. The topological polar surface area (TPSA) is 187 Å². The smallest absolute Gasteiger partial charge is 0.326 e. The van der Waals surface area contributed by atoms with Gasteiger partial charge in [-0.3, -0.25) is 19.2 Å². The highest BCUT2D eigenvalue weighted by molar-refractivity contribution is 5.95. The normalized spacial score (nSPS) is 19.4. The van der Waals surface area contributed by atoms with Crippen LogP contribution in [0.25, 0.3) is 0 Å². The lowest BCUT2D eigenvalue weighted by molar-refractivity contribution is -0.150. The summed E-state index contributed by atoms with van der Waals surface area (Å²) < 4.78 is 0. The summed E-state index contributed by atoms with van der Waals surface area (Å²) in [6, 6.07) is -4.06. The fourth-order valence-electron chi connectivity index (χ4n) is 2.42. The van der Waals surface area contributed by atoms with E-state index in [1.54, 1.807) is 0 Å². The van der Waals surface area contributed by atoms with Crippen LogP contribution in [0.3, 0.4) is 0 Å². The second-order valence-corrected chi connectivity index (χ2v) is 5.39. The third-order valence-electron chi connectivity index (χ3n) is 3.55. The molecule has 0 aromatic carbocycles. The molecule has 1 aliphatic heterocycles. The molecule has 1 heterocycles. The Hall–Kier alpha value is -2.69. The first-order chi connectivity index (χ1) is 11.1. The molecule has 0 saturated carbocycles. The van der Waals surface area contributed by atoms with Crippen molar-refractivity contribution in [2.24, 2.45) is 5.73 Å². The number of carbonyl (C=O) groups is 5. The predicted molar refractivity (Wildman–Crippen MR) is 76.8 cm³/mol. The zero-order valence-corrected chi connectivity index (χ0v) is 12.7. The molecule has 1 fully saturated rings. The Bertz CT molecular complexity index is 549. The van der Waals surface area contributed by atoms with Crippen LogP contribution in [0.15, 0.2) is 0 Å². The molecule has 1 aliphatic rings. The molecule has 11 nitrogen and oxygen atoms in total. The predicted octanol–water partition coefficient (Wildman–Crippen LogP) is -2.18. The summed E-state index contributed by atoms with van der Waals surface area (Å²) >= 11 is 0. The van der Waals surface area contributed by atoms with E-state index in [0.29, 0.717) is 6.42 Å². The number of hydrogen-bond acceptors (Lipinski definition) is 6. The van der Waals surface area contributed by atoms with Crippen LogP contribution in [0.1, 0.15) is 25.7 Å². The molecular weight excluding hydrogens is 326 g/mol. The minimum absolute atomic E-state index is 0.128. The van der Waals surface area contributed by atoms with E-state index < -0.39 is 60.7 Å². The maximum atomic E-state index is 12.4. The van der Waals surface area contributed by atoms with Gasteiger partial charge < -0.3 is 31.3 Å². The van der Waals surface area contributed by atoms with Crippen molar-refractivity contribution in [2.75, 3.05) is 6.54 Å². The maximum Gasteiger partial charge on any atom is 0.326 e. The third kappa shape index (κ3) is 5.19. The van der Waals surface area contributed by atoms with E-state index in [2.05, 4.69) is 5.32 Å². The highest BCUT2D eigenvalue weighted by Gasteiger charge is 2.38. The van der Waals surface area contributed by atoms with Crippen LogP contribution in [0, 0.1) is 0 Å². The zero-order valence-electron chi connectivity index (χ0n) is 12.7. The van der Waals surface area contributed by atoms with E-state index in [1.165, 1.54) is 0 Å². The Kier molecular flexibility index (Phi) is 6.65. The average molecular weight is 345 g/mol. The van der Waals surface area contributed by atoms with Gasteiger partial charge in [0.1, 0.15) is 12.1 Å². The van der Waals surface area contributed by atoms with Gasteiger partial charge in [-0.25, -0.2) is 4.79 Å². The van der Waals surface area contributed by atoms with Crippen molar-refractivity contribution < 1.29 is 39.3 Å². The van der Waals surface area contributed by atoms with Gasteiger partial charge in [-0.2, -0.15) is 0 Å². The van der Waals surface area contributed by atoms with E-state index in [-0.39, 0.29) is 13.0 Å². The number of amides is 2. The highest BCUT2D eigenvalue weighted by Crippen LogP contribution is 2.19. The van der Waals surface area contributed by atoms with Crippen molar-refractivity contribution in [1.82, 2.24) is 10.2 Å². The summed E-state index contributed by atoms with van der Waals surface area (Å²) in [4.78, 5) is 57.8. The number of nitrogens with two attached hydrogens (primary N) is 1. The Morgan fingerprint density at radius 1 is 1.08 bits per heavy atom. The van der Waals surface area contributed by atoms with Crippen LogP contribution < -0.4 is 11.1 Å². The fraction of sp³-hybridized carbons (Fsp3) is 0.615. The number of nitrogens with one attached hydrogen (secondary N) is 1. The lowest BCUT2D eigenvalue weighted by Crippen LogP contribution is -2.55. The van der Waals surface area contributed by atoms with Crippen LogP contribution in [0.5, 0.6) is 0 Å². The van der Waals surface area contributed by atoms with Gasteiger partial charge >= 0.3 is 17.9 Å². The average Bonchev–Trinajstić information content (AvgIpc) is 2.93. The summed E-state index contributed by atoms with van der Waals surface area (Å²) in [7, 11) is 0. The molecule has 0 aromatic rings. The van der Waals surface area contributed by atoms with Crippen molar-refractivity contribution >= 4 is 29.7 Å².